The van der Waals surface area contributed by atoms with Crippen molar-refractivity contribution >= 4 is 23.3 Å². The molecule has 0 saturated heterocycles. The summed E-state index contributed by atoms with van der Waals surface area (Å²) in [6.45, 7) is 2.90. The molecular weight excluding hydrogens is 354 g/mol. The van der Waals surface area contributed by atoms with Gasteiger partial charge >= 0.3 is 0 Å². The molecular formula is C18H18ClN5O2. The van der Waals surface area contributed by atoms with E-state index in [0.29, 0.717) is 23.9 Å². The monoisotopic (exact) mass is 371 g/mol. The number of hydrogen-bond acceptors (Lipinski definition) is 4. The van der Waals surface area contributed by atoms with Gasteiger partial charge in [0.2, 0.25) is 0 Å². The van der Waals surface area contributed by atoms with Gasteiger partial charge in [0.15, 0.2) is 0 Å². The predicted molar refractivity (Wildman–Crippen MR) is 99.5 cm³/mol. The number of nitrogens with one attached hydrogen (secondary N) is 1. The predicted octanol–water partition coefficient (Wildman–Crippen LogP) is 2.80. The highest BCUT2D eigenvalue weighted by atomic mass is 35.5. The molecule has 0 aliphatic heterocycles. The van der Waals surface area contributed by atoms with Crippen LogP contribution < -0.4 is 10.9 Å². The van der Waals surface area contributed by atoms with Crippen molar-refractivity contribution in [1.29, 1.82) is 0 Å². The molecule has 1 N–H and O–H groups in total. The smallest absolute Gasteiger partial charge is 0.277 e. The number of anilines is 1. The van der Waals surface area contributed by atoms with E-state index in [1.165, 1.54) is 16.8 Å². The zero-order valence-corrected chi connectivity index (χ0v) is 15.0. The summed E-state index contributed by atoms with van der Waals surface area (Å²) in [5.41, 5.74) is 0.955. The molecule has 2 heterocycles. The highest BCUT2D eigenvalue weighted by Crippen LogP contribution is 2.14. The van der Waals surface area contributed by atoms with Crippen LogP contribution >= 0.6 is 11.6 Å². The minimum atomic E-state index is -0.396. The van der Waals surface area contributed by atoms with E-state index in [1.807, 2.05) is 19.1 Å². The van der Waals surface area contributed by atoms with Gasteiger partial charge in [-0.2, -0.15) is 10.2 Å². The van der Waals surface area contributed by atoms with Crippen LogP contribution in [0.4, 0.5) is 5.82 Å². The van der Waals surface area contributed by atoms with Gasteiger partial charge in [0.05, 0.1) is 12.7 Å². The number of hydrogen-bond donors (Lipinski definition) is 1. The molecule has 0 fully saturated rings. The molecule has 134 valence electrons. The highest BCUT2D eigenvalue weighted by Gasteiger charge is 2.13. The fourth-order valence-electron chi connectivity index (χ4n) is 2.45. The van der Waals surface area contributed by atoms with Crippen molar-refractivity contribution in [3.05, 3.63) is 75.3 Å². The molecule has 26 heavy (non-hydrogen) atoms. The first-order chi connectivity index (χ1) is 12.6. The Morgan fingerprint density at radius 1 is 1.12 bits per heavy atom. The van der Waals surface area contributed by atoms with Crippen molar-refractivity contribution in [3.8, 4) is 0 Å². The van der Waals surface area contributed by atoms with Gasteiger partial charge in [-0.05, 0) is 30.2 Å². The number of nitrogens with zero attached hydrogens (tertiary/aromatic N) is 4. The summed E-state index contributed by atoms with van der Waals surface area (Å²) in [7, 11) is 0. The van der Waals surface area contributed by atoms with E-state index in [4.69, 9.17) is 11.6 Å². The fourth-order valence-corrected chi connectivity index (χ4v) is 2.58. The lowest BCUT2D eigenvalue weighted by atomic mass is 10.2. The van der Waals surface area contributed by atoms with Crippen molar-refractivity contribution in [1.82, 2.24) is 19.6 Å². The topological polar surface area (TPSA) is 81.8 Å². The quantitative estimate of drug-likeness (QED) is 0.722. The number of carbonyl (C=O) groups excluding carboxylic acids is 1. The van der Waals surface area contributed by atoms with Gasteiger partial charge in [0, 0.05) is 23.7 Å². The summed E-state index contributed by atoms with van der Waals surface area (Å²) in [6.07, 6.45) is 2.36. The van der Waals surface area contributed by atoms with Crippen LogP contribution in [0.25, 0.3) is 0 Å². The number of aromatic nitrogens is 4. The number of halogens is 1. The third-order valence-corrected chi connectivity index (χ3v) is 3.99. The summed E-state index contributed by atoms with van der Waals surface area (Å²) in [4.78, 5) is 24.2. The Kier molecular flexibility index (Phi) is 5.48. The van der Waals surface area contributed by atoms with E-state index in [-0.39, 0.29) is 11.3 Å². The molecule has 2 aromatic heterocycles. The Balaban J connectivity index is 1.76. The molecule has 0 atom stereocenters. The Labute approximate surface area is 155 Å². The molecule has 0 unspecified atom stereocenters. The third-order valence-electron chi connectivity index (χ3n) is 3.74. The van der Waals surface area contributed by atoms with Crippen LogP contribution in [0.2, 0.25) is 5.02 Å². The molecule has 3 aromatic rings. The third kappa shape index (κ3) is 4.18. The van der Waals surface area contributed by atoms with Crippen LogP contribution in [0.5, 0.6) is 0 Å². The molecule has 0 saturated carbocycles. The molecule has 3 rings (SSSR count). The molecule has 8 heteroatoms. The number of aryl methyl sites for hydroxylation is 1. The van der Waals surface area contributed by atoms with Crippen molar-refractivity contribution in [2.45, 2.75) is 26.4 Å². The minimum Gasteiger partial charge on any atom is -0.305 e. The van der Waals surface area contributed by atoms with Crippen molar-refractivity contribution in [2.75, 3.05) is 5.32 Å². The fraction of sp³-hybridized carbons (Fsp3) is 0.222. The van der Waals surface area contributed by atoms with Crippen LogP contribution in [-0.4, -0.2) is 25.5 Å². The average Bonchev–Trinajstić information content (AvgIpc) is 3.05. The van der Waals surface area contributed by atoms with Gasteiger partial charge in [-0.25, -0.2) is 9.36 Å². The summed E-state index contributed by atoms with van der Waals surface area (Å²) in [5, 5.41) is 11.8. The Hall–Kier alpha value is -2.93. The molecule has 0 radical (unpaired) electrons. The van der Waals surface area contributed by atoms with E-state index >= 15 is 0 Å². The number of benzene rings is 1. The number of rotatable bonds is 6. The van der Waals surface area contributed by atoms with Gasteiger partial charge in [-0.3, -0.25) is 9.59 Å². The van der Waals surface area contributed by atoms with E-state index < -0.39 is 5.91 Å². The molecule has 0 spiro atoms. The Bertz CT molecular complexity index is 962. The average molecular weight is 372 g/mol. The lowest BCUT2D eigenvalue weighted by Gasteiger charge is -2.10. The standard InChI is InChI=1S/C18H18ClN5O2/c1-2-11-23-17(25)8-7-15(22-23)18(26)21-16-9-10-20-24(16)12-13-3-5-14(19)6-4-13/h3-10H,2,11-12H2,1H3,(H,21,26). The van der Waals surface area contributed by atoms with Gasteiger partial charge in [0.1, 0.15) is 11.5 Å². The maximum atomic E-state index is 12.5. The van der Waals surface area contributed by atoms with Crippen LogP contribution in [0.15, 0.2) is 53.5 Å². The number of carbonyl (C=O) groups is 1. The van der Waals surface area contributed by atoms with Crippen LogP contribution in [0.3, 0.4) is 0 Å². The van der Waals surface area contributed by atoms with Crippen molar-refractivity contribution in [3.63, 3.8) is 0 Å². The molecule has 1 aromatic carbocycles. The SMILES string of the molecule is CCCn1nc(C(=O)Nc2ccnn2Cc2ccc(Cl)cc2)ccc1=O. The summed E-state index contributed by atoms with van der Waals surface area (Å²) < 4.78 is 2.96. The van der Waals surface area contributed by atoms with Crippen LogP contribution in [0, 0.1) is 0 Å². The number of amides is 1. The molecule has 0 aliphatic rings. The summed E-state index contributed by atoms with van der Waals surface area (Å²) in [5.74, 6) is 0.146. The van der Waals surface area contributed by atoms with Gasteiger partial charge in [-0.1, -0.05) is 30.7 Å². The molecule has 0 bridgehead atoms. The van der Waals surface area contributed by atoms with Gasteiger partial charge < -0.3 is 5.32 Å². The zero-order valence-electron chi connectivity index (χ0n) is 14.2. The second kappa shape index (κ2) is 7.97. The molecule has 0 aliphatic carbocycles. The Morgan fingerprint density at radius 2 is 1.88 bits per heavy atom. The first-order valence-electron chi connectivity index (χ1n) is 8.22. The van der Waals surface area contributed by atoms with Gasteiger partial charge in [0.25, 0.3) is 11.5 Å². The summed E-state index contributed by atoms with van der Waals surface area (Å²) in [6, 6.07) is 11.9. The van der Waals surface area contributed by atoms with Gasteiger partial charge in [-0.15, -0.1) is 0 Å². The first-order valence-corrected chi connectivity index (χ1v) is 8.60. The van der Waals surface area contributed by atoms with Crippen LogP contribution in [0.1, 0.15) is 29.4 Å². The van der Waals surface area contributed by atoms with E-state index in [1.54, 1.807) is 29.1 Å². The second-order valence-corrected chi connectivity index (χ2v) is 6.17. The van der Waals surface area contributed by atoms with Crippen molar-refractivity contribution in [2.24, 2.45) is 0 Å². The largest absolute Gasteiger partial charge is 0.305 e. The van der Waals surface area contributed by atoms with Crippen molar-refractivity contribution < 1.29 is 4.79 Å². The normalized spacial score (nSPS) is 10.7. The van der Waals surface area contributed by atoms with E-state index in [2.05, 4.69) is 15.5 Å². The zero-order chi connectivity index (χ0) is 18.5. The lowest BCUT2D eigenvalue weighted by Crippen LogP contribution is -2.26. The first kappa shape index (κ1) is 17.9. The lowest BCUT2D eigenvalue weighted by molar-refractivity contribution is 0.101. The van der Waals surface area contributed by atoms with E-state index in [0.717, 1.165) is 12.0 Å². The van der Waals surface area contributed by atoms with E-state index in [9.17, 15) is 9.59 Å². The maximum absolute atomic E-state index is 12.5. The molecule has 7 nitrogen and oxygen atoms in total. The minimum absolute atomic E-state index is 0.178. The Morgan fingerprint density at radius 3 is 2.62 bits per heavy atom. The van der Waals surface area contributed by atoms with Crippen LogP contribution in [-0.2, 0) is 13.1 Å². The highest BCUT2D eigenvalue weighted by molar-refractivity contribution is 6.30. The molecule has 1 amide bonds. The maximum Gasteiger partial charge on any atom is 0.277 e. The second-order valence-electron chi connectivity index (χ2n) is 5.73. The summed E-state index contributed by atoms with van der Waals surface area (Å²) >= 11 is 5.90.